The maximum Gasteiger partial charge on any atom is 0.258 e. The number of benzene rings is 3. The molecule has 0 fully saturated rings. The van der Waals surface area contributed by atoms with Gasteiger partial charge in [-0.25, -0.2) is 0 Å². The molecule has 0 unspecified atom stereocenters. The zero-order valence-corrected chi connectivity index (χ0v) is 17.7. The van der Waals surface area contributed by atoms with E-state index in [9.17, 15) is 4.79 Å². The molecule has 0 radical (unpaired) electrons. The Balaban J connectivity index is 1.92. The first-order valence-corrected chi connectivity index (χ1v) is 9.95. The largest absolute Gasteiger partial charge is 0.493 e. The van der Waals surface area contributed by atoms with Crippen molar-refractivity contribution in [1.29, 1.82) is 0 Å². The molecule has 0 amide bonds. The van der Waals surface area contributed by atoms with Gasteiger partial charge in [0.25, 0.3) is 5.56 Å². The number of aromatic nitrogens is 1. The van der Waals surface area contributed by atoms with Crippen LogP contribution in [-0.2, 0) is 13.7 Å². The predicted molar refractivity (Wildman–Crippen MR) is 121 cm³/mol. The van der Waals surface area contributed by atoms with Crippen LogP contribution in [0, 0.1) is 13.8 Å². The van der Waals surface area contributed by atoms with Crippen LogP contribution < -0.4 is 15.0 Å². The molecule has 4 heteroatoms. The summed E-state index contributed by atoms with van der Waals surface area (Å²) < 4.78 is 13.5. The molecule has 0 aliphatic carbocycles. The van der Waals surface area contributed by atoms with E-state index in [1.54, 1.807) is 11.7 Å². The summed E-state index contributed by atoms with van der Waals surface area (Å²) in [7, 11) is 3.47. The van der Waals surface area contributed by atoms with Crippen LogP contribution in [0.3, 0.4) is 0 Å². The Labute approximate surface area is 176 Å². The predicted octanol–water partition coefficient (Wildman–Crippen LogP) is 5.41. The minimum atomic E-state index is -0.0134. The lowest BCUT2D eigenvalue weighted by Gasteiger charge is -2.20. The molecule has 0 spiro atoms. The average molecular weight is 399 g/mol. The van der Waals surface area contributed by atoms with Crippen LogP contribution in [0.1, 0.15) is 16.7 Å². The standard InChI is InChI=1S/C26H25NO3/c1-17-13-14-23(24(15-17)29-4)30-16-22-20-11-7-8-12-21(20)26(28)27(3)25(22)19-10-6-5-9-18(19)2/h5-15H,16H2,1-4H3. The van der Waals surface area contributed by atoms with E-state index < -0.39 is 0 Å². The van der Waals surface area contributed by atoms with Gasteiger partial charge in [-0.3, -0.25) is 4.79 Å². The molecule has 152 valence electrons. The van der Waals surface area contributed by atoms with Gasteiger partial charge in [-0.1, -0.05) is 48.5 Å². The first-order chi connectivity index (χ1) is 14.5. The fraction of sp³-hybridized carbons (Fsp3) is 0.192. The Morgan fingerprint density at radius 1 is 0.867 bits per heavy atom. The maximum atomic E-state index is 13.1. The van der Waals surface area contributed by atoms with Crippen LogP contribution >= 0.6 is 0 Å². The fourth-order valence-electron chi connectivity index (χ4n) is 3.92. The first-order valence-electron chi connectivity index (χ1n) is 9.95. The van der Waals surface area contributed by atoms with Crippen molar-refractivity contribution in [2.75, 3.05) is 7.11 Å². The van der Waals surface area contributed by atoms with Crippen LogP contribution in [0.2, 0.25) is 0 Å². The minimum absolute atomic E-state index is 0.0134. The van der Waals surface area contributed by atoms with Gasteiger partial charge in [-0.15, -0.1) is 0 Å². The summed E-state index contributed by atoms with van der Waals surface area (Å²) in [6.07, 6.45) is 0. The van der Waals surface area contributed by atoms with Gasteiger partial charge in [0.05, 0.1) is 12.8 Å². The highest BCUT2D eigenvalue weighted by atomic mass is 16.5. The molecule has 4 aromatic rings. The van der Waals surface area contributed by atoms with Crippen LogP contribution in [0.5, 0.6) is 11.5 Å². The molecule has 0 aliphatic heterocycles. The molecule has 0 aliphatic rings. The molecule has 30 heavy (non-hydrogen) atoms. The van der Waals surface area contributed by atoms with E-state index in [-0.39, 0.29) is 5.56 Å². The van der Waals surface area contributed by atoms with Crippen LogP contribution in [0.25, 0.3) is 22.0 Å². The third kappa shape index (κ3) is 3.45. The maximum absolute atomic E-state index is 13.1. The summed E-state index contributed by atoms with van der Waals surface area (Å²) in [5, 5.41) is 1.59. The number of aryl methyl sites for hydroxylation is 2. The summed E-state index contributed by atoms with van der Waals surface area (Å²) in [6, 6.07) is 21.7. The van der Waals surface area contributed by atoms with Crippen molar-refractivity contribution in [2.24, 2.45) is 7.05 Å². The Kier molecular flexibility index (Phi) is 5.32. The highest BCUT2D eigenvalue weighted by molar-refractivity contribution is 5.90. The van der Waals surface area contributed by atoms with E-state index in [0.717, 1.165) is 33.3 Å². The zero-order chi connectivity index (χ0) is 21.3. The summed E-state index contributed by atoms with van der Waals surface area (Å²) in [5.74, 6) is 1.37. The van der Waals surface area contributed by atoms with E-state index in [1.807, 2.05) is 68.6 Å². The molecular weight excluding hydrogens is 374 g/mol. The van der Waals surface area contributed by atoms with Crippen molar-refractivity contribution >= 4 is 10.8 Å². The number of nitrogens with zero attached hydrogens (tertiary/aromatic N) is 1. The van der Waals surface area contributed by atoms with Gasteiger partial charge in [0.1, 0.15) is 6.61 Å². The molecule has 0 atom stereocenters. The SMILES string of the molecule is COc1cc(C)ccc1OCc1c(-c2ccccc2C)n(C)c(=O)c2ccccc12. The lowest BCUT2D eigenvalue weighted by atomic mass is 9.97. The Morgan fingerprint density at radius 3 is 2.30 bits per heavy atom. The second-order valence-corrected chi connectivity index (χ2v) is 7.49. The van der Waals surface area contributed by atoms with E-state index in [2.05, 4.69) is 19.1 Å². The number of hydrogen-bond donors (Lipinski definition) is 0. The zero-order valence-electron chi connectivity index (χ0n) is 17.7. The lowest BCUT2D eigenvalue weighted by Crippen LogP contribution is -2.21. The van der Waals surface area contributed by atoms with Gasteiger partial charge in [0.15, 0.2) is 11.5 Å². The van der Waals surface area contributed by atoms with Crippen molar-refractivity contribution in [3.63, 3.8) is 0 Å². The monoisotopic (exact) mass is 399 g/mol. The van der Waals surface area contributed by atoms with Crippen molar-refractivity contribution in [3.8, 4) is 22.8 Å². The molecule has 4 rings (SSSR count). The van der Waals surface area contributed by atoms with Gasteiger partial charge in [0.2, 0.25) is 0 Å². The third-order valence-electron chi connectivity index (χ3n) is 5.50. The molecule has 1 heterocycles. The lowest BCUT2D eigenvalue weighted by molar-refractivity contribution is 0.285. The number of rotatable bonds is 5. The topological polar surface area (TPSA) is 40.5 Å². The van der Waals surface area contributed by atoms with Crippen LogP contribution in [0.4, 0.5) is 0 Å². The summed E-state index contributed by atoms with van der Waals surface area (Å²) in [5.41, 5.74) is 5.08. The molecule has 0 N–H and O–H groups in total. The number of pyridine rings is 1. The summed E-state index contributed by atoms with van der Waals surface area (Å²) >= 11 is 0. The summed E-state index contributed by atoms with van der Waals surface area (Å²) in [4.78, 5) is 13.1. The van der Waals surface area contributed by atoms with E-state index in [4.69, 9.17) is 9.47 Å². The number of fused-ring (bicyclic) bond motifs is 1. The highest BCUT2D eigenvalue weighted by Crippen LogP contribution is 2.33. The molecule has 3 aromatic carbocycles. The van der Waals surface area contributed by atoms with Gasteiger partial charge in [-0.2, -0.15) is 0 Å². The third-order valence-corrected chi connectivity index (χ3v) is 5.50. The Bertz CT molecular complexity index is 1290. The molecule has 0 saturated carbocycles. The van der Waals surface area contributed by atoms with Crippen molar-refractivity contribution < 1.29 is 9.47 Å². The second kappa shape index (κ2) is 8.07. The smallest absolute Gasteiger partial charge is 0.258 e. The Hall–Kier alpha value is -3.53. The van der Waals surface area contributed by atoms with E-state index >= 15 is 0 Å². The van der Waals surface area contributed by atoms with Gasteiger partial charge < -0.3 is 14.0 Å². The van der Waals surface area contributed by atoms with Gasteiger partial charge in [0, 0.05) is 23.6 Å². The molecular formula is C26H25NO3. The van der Waals surface area contributed by atoms with Crippen molar-refractivity contribution in [1.82, 2.24) is 4.57 Å². The van der Waals surface area contributed by atoms with E-state index in [1.165, 1.54) is 0 Å². The van der Waals surface area contributed by atoms with Gasteiger partial charge in [-0.05, 0) is 48.6 Å². The quantitative estimate of drug-likeness (QED) is 0.450. The summed E-state index contributed by atoms with van der Waals surface area (Å²) in [6.45, 7) is 4.39. The minimum Gasteiger partial charge on any atom is -0.493 e. The van der Waals surface area contributed by atoms with Crippen molar-refractivity contribution in [2.45, 2.75) is 20.5 Å². The van der Waals surface area contributed by atoms with Crippen molar-refractivity contribution in [3.05, 3.63) is 93.8 Å². The van der Waals surface area contributed by atoms with Crippen LogP contribution in [0.15, 0.2) is 71.5 Å². The number of hydrogen-bond acceptors (Lipinski definition) is 3. The average Bonchev–Trinajstić information content (AvgIpc) is 2.76. The fourth-order valence-corrected chi connectivity index (χ4v) is 3.92. The number of ether oxygens (including phenoxy) is 2. The first kappa shape index (κ1) is 19.8. The van der Waals surface area contributed by atoms with E-state index in [0.29, 0.717) is 23.5 Å². The molecule has 1 aromatic heterocycles. The highest BCUT2D eigenvalue weighted by Gasteiger charge is 2.18. The van der Waals surface area contributed by atoms with Crippen LogP contribution in [-0.4, -0.2) is 11.7 Å². The molecule has 4 nitrogen and oxygen atoms in total. The number of methoxy groups -OCH3 is 1. The second-order valence-electron chi connectivity index (χ2n) is 7.49. The normalized spacial score (nSPS) is 10.9. The molecule has 0 bridgehead atoms. The van der Waals surface area contributed by atoms with Gasteiger partial charge >= 0.3 is 0 Å². The molecule has 0 saturated heterocycles. The Morgan fingerprint density at radius 2 is 1.57 bits per heavy atom.